The number of carbonyl (C=O) groups excluding carboxylic acids is 1. The Morgan fingerprint density at radius 2 is 2.04 bits per heavy atom. The Kier molecular flexibility index (Phi) is 5.24. The second-order valence-electron chi connectivity index (χ2n) is 4.37. The molecule has 0 radical (unpaired) electrons. The van der Waals surface area contributed by atoms with Crippen molar-refractivity contribution in [3.8, 4) is 6.07 Å². The molecule has 0 aliphatic heterocycles. The molecule has 0 saturated heterocycles. The highest BCUT2D eigenvalue weighted by molar-refractivity contribution is 7.99. The number of nitrogens with one attached hydrogen (secondary N) is 1. The van der Waals surface area contributed by atoms with Crippen molar-refractivity contribution in [1.82, 2.24) is 4.98 Å². The highest BCUT2D eigenvalue weighted by Gasteiger charge is 2.33. The molecule has 1 aromatic carbocycles. The number of nitrogens with zero attached hydrogens (tertiary/aromatic N) is 2. The number of para-hydroxylation sites is 1. The van der Waals surface area contributed by atoms with Crippen LogP contribution in [-0.2, 0) is 11.0 Å². The minimum absolute atomic E-state index is 0.117. The van der Waals surface area contributed by atoms with E-state index in [9.17, 15) is 18.0 Å². The SMILES string of the molecule is N#Cc1ccnc(SCC(=O)Nc2ccccc2C(F)(F)F)c1. The summed E-state index contributed by atoms with van der Waals surface area (Å²) in [7, 11) is 0. The van der Waals surface area contributed by atoms with E-state index in [0.717, 1.165) is 17.8 Å². The number of anilines is 1. The van der Waals surface area contributed by atoms with Crippen LogP contribution < -0.4 is 5.32 Å². The van der Waals surface area contributed by atoms with Gasteiger partial charge in [-0.15, -0.1) is 0 Å². The van der Waals surface area contributed by atoms with Crippen molar-refractivity contribution >= 4 is 23.4 Å². The number of thioether (sulfide) groups is 1. The zero-order chi connectivity index (χ0) is 16.9. The number of carbonyl (C=O) groups is 1. The van der Waals surface area contributed by atoms with Crippen molar-refractivity contribution in [2.75, 3.05) is 11.1 Å². The van der Waals surface area contributed by atoms with Gasteiger partial charge in [0, 0.05) is 6.20 Å². The van der Waals surface area contributed by atoms with Crippen LogP contribution >= 0.6 is 11.8 Å². The van der Waals surface area contributed by atoms with Crippen molar-refractivity contribution < 1.29 is 18.0 Å². The quantitative estimate of drug-likeness (QED) is 0.864. The van der Waals surface area contributed by atoms with E-state index in [1.165, 1.54) is 36.5 Å². The third-order valence-electron chi connectivity index (χ3n) is 2.72. The van der Waals surface area contributed by atoms with Gasteiger partial charge >= 0.3 is 6.18 Å². The Hall–Kier alpha value is -2.53. The first kappa shape index (κ1) is 16.8. The molecule has 118 valence electrons. The van der Waals surface area contributed by atoms with Gasteiger partial charge in [0.25, 0.3) is 0 Å². The number of pyridine rings is 1. The third-order valence-corrected chi connectivity index (χ3v) is 3.65. The Morgan fingerprint density at radius 3 is 2.74 bits per heavy atom. The van der Waals surface area contributed by atoms with Crippen molar-refractivity contribution in [3.63, 3.8) is 0 Å². The number of nitriles is 1. The molecule has 0 unspecified atom stereocenters. The zero-order valence-corrected chi connectivity index (χ0v) is 12.4. The number of aromatic nitrogens is 1. The predicted octanol–water partition coefficient (Wildman–Crippen LogP) is 3.70. The van der Waals surface area contributed by atoms with E-state index in [0.29, 0.717) is 10.6 Å². The Labute approximate surface area is 134 Å². The zero-order valence-electron chi connectivity index (χ0n) is 11.6. The van der Waals surface area contributed by atoms with Gasteiger partial charge in [0.05, 0.1) is 33.7 Å². The van der Waals surface area contributed by atoms with Crippen molar-refractivity contribution in [3.05, 3.63) is 53.7 Å². The summed E-state index contributed by atoms with van der Waals surface area (Å²) in [4.78, 5) is 15.8. The first-order chi connectivity index (χ1) is 10.9. The minimum Gasteiger partial charge on any atom is -0.325 e. The first-order valence-corrected chi connectivity index (χ1v) is 7.34. The monoisotopic (exact) mass is 337 g/mol. The summed E-state index contributed by atoms with van der Waals surface area (Å²) in [6.07, 6.45) is -3.11. The van der Waals surface area contributed by atoms with Gasteiger partial charge in [0.15, 0.2) is 0 Å². The molecule has 0 bridgehead atoms. The van der Waals surface area contributed by atoms with Crippen LogP contribution in [0.15, 0.2) is 47.6 Å². The van der Waals surface area contributed by atoms with E-state index in [1.807, 2.05) is 6.07 Å². The standard InChI is InChI=1S/C15H10F3N3OS/c16-15(17,18)11-3-1-2-4-12(11)21-13(22)9-23-14-7-10(8-19)5-6-20-14/h1-7H,9H2,(H,21,22). The molecule has 0 atom stereocenters. The number of benzene rings is 1. The fourth-order valence-electron chi connectivity index (χ4n) is 1.72. The lowest BCUT2D eigenvalue weighted by Gasteiger charge is -2.13. The van der Waals surface area contributed by atoms with Crippen molar-refractivity contribution in [2.24, 2.45) is 0 Å². The number of hydrogen-bond donors (Lipinski definition) is 1. The first-order valence-electron chi connectivity index (χ1n) is 6.35. The number of rotatable bonds is 4. The molecule has 0 saturated carbocycles. The topological polar surface area (TPSA) is 65.8 Å². The average Bonchev–Trinajstić information content (AvgIpc) is 2.52. The van der Waals surface area contributed by atoms with Crippen LogP contribution in [-0.4, -0.2) is 16.6 Å². The van der Waals surface area contributed by atoms with Crippen LogP contribution in [0.4, 0.5) is 18.9 Å². The summed E-state index contributed by atoms with van der Waals surface area (Å²) in [5.74, 6) is -0.704. The molecule has 23 heavy (non-hydrogen) atoms. The number of amides is 1. The average molecular weight is 337 g/mol. The van der Waals surface area contributed by atoms with Crippen LogP contribution in [0.3, 0.4) is 0 Å². The summed E-state index contributed by atoms with van der Waals surface area (Å²) in [6, 6.07) is 9.72. The molecule has 0 spiro atoms. The molecule has 2 rings (SSSR count). The molecule has 0 fully saturated rings. The largest absolute Gasteiger partial charge is 0.418 e. The summed E-state index contributed by atoms with van der Waals surface area (Å²) in [5.41, 5.74) is -0.794. The van der Waals surface area contributed by atoms with Crippen molar-refractivity contribution in [2.45, 2.75) is 11.2 Å². The number of hydrogen-bond acceptors (Lipinski definition) is 4. The van der Waals surface area contributed by atoms with Gasteiger partial charge in [-0.25, -0.2) is 4.98 Å². The molecule has 4 nitrogen and oxygen atoms in total. The van der Waals surface area contributed by atoms with Gasteiger partial charge in [0.1, 0.15) is 0 Å². The van der Waals surface area contributed by atoms with E-state index in [2.05, 4.69) is 10.3 Å². The Balaban J connectivity index is 2.02. The second kappa shape index (κ2) is 7.15. The molecule has 1 heterocycles. The molecular weight excluding hydrogens is 327 g/mol. The van der Waals surface area contributed by atoms with Crippen LogP contribution in [0, 0.1) is 11.3 Å². The maximum atomic E-state index is 12.8. The van der Waals surface area contributed by atoms with E-state index in [-0.39, 0.29) is 11.4 Å². The second-order valence-corrected chi connectivity index (χ2v) is 5.37. The van der Waals surface area contributed by atoms with Crippen LogP contribution in [0.2, 0.25) is 0 Å². The summed E-state index contributed by atoms with van der Waals surface area (Å²) < 4.78 is 38.5. The molecule has 2 aromatic rings. The molecule has 1 aromatic heterocycles. The van der Waals surface area contributed by atoms with E-state index >= 15 is 0 Å². The fraction of sp³-hybridized carbons (Fsp3) is 0.133. The minimum atomic E-state index is -4.54. The Bertz CT molecular complexity index is 756. The molecule has 0 aliphatic carbocycles. The summed E-state index contributed by atoms with van der Waals surface area (Å²) >= 11 is 1.04. The van der Waals surface area contributed by atoms with Gasteiger partial charge in [-0.05, 0) is 24.3 Å². The maximum absolute atomic E-state index is 12.8. The normalized spacial score (nSPS) is 10.9. The molecule has 1 amide bonds. The Morgan fingerprint density at radius 1 is 1.30 bits per heavy atom. The third kappa shape index (κ3) is 4.72. The van der Waals surface area contributed by atoms with Gasteiger partial charge in [-0.2, -0.15) is 18.4 Å². The van der Waals surface area contributed by atoms with Crippen LogP contribution in [0.25, 0.3) is 0 Å². The summed E-state index contributed by atoms with van der Waals surface area (Å²) in [6.45, 7) is 0. The van der Waals surface area contributed by atoms with Gasteiger partial charge in [-0.3, -0.25) is 4.79 Å². The number of halogens is 3. The van der Waals surface area contributed by atoms with Crippen molar-refractivity contribution in [1.29, 1.82) is 5.26 Å². The van der Waals surface area contributed by atoms with E-state index < -0.39 is 17.6 Å². The van der Waals surface area contributed by atoms with Gasteiger partial charge in [-0.1, -0.05) is 23.9 Å². The predicted molar refractivity (Wildman–Crippen MR) is 79.7 cm³/mol. The van der Waals surface area contributed by atoms with Crippen LogP contribution in [0.5, 0.6) is 0 Å². The lowest BCUT2D eigenvalue weighted by molar-refractivity contribution is -0.137. The van der Waals surface area contributed by atoms with Crippen LogP contribution in [0.1, 0.15) is 11.1 Å². The van der Waals surface area contributed by atoms with E-state index in [1.54, 1.807) is 0 Å². The molecule has 1 N–H and O–H groups in total. The number of alkyl halides is 3. The van der Waals surface area contributed by atoms with Gasteiger partial charge < -0.3 is 5.32 Å². The highest BCUT2D eigenvalue weighted by atomic mass is 32.2. The molecular formula is C15H10F3N3OS. The summed E-state index contributed by atoms with van der Waals surface area (Å²) in [5, 5.41) is 11.5. The maximum Gasteiger partial charge on any atom is 0.418 e. The smallest absolute Gasteiger partial charge is 0.325 e. The van der Waals surface area contributed by atoms with Gasteiger partial charge in [0.2, 0.25) is 5.91 Å². The lowest BCUT2D eigenvalue weighted by Crippen LogP contribution is -2.18. The molecule has 8 heteroatoms. The molecule has 0 aliphatic rings. The fourth-order valence-corrected chi connectivity index (χ4v) is 2.42. The van der Waals surface area contributed by atoms with E-state index in [4.69, 9.17) is 5.26 Å². The lowest BCUT2D eigenvalue weighted by atomic mass is 10.1. The highest BCUT2D eigenvalue weighted by Crippen LogP contribution is 2.34.